The Morgan fingerprint density at radius 3 is 2.53 bits per heavy atom. The van der Waals surface area contributed by atoms with E-state index in [9.17, 15) is 9.50 Å². The summed E-state index contributed by atoms with van der Waals surface area (Å²) >= 11 is 0. The van der Waals surface area contributed by atoms with E-state index in [2.05, 4.69) is 4.90 Å². The summed E-state index contributed by atoms with van der Waals surface area (Å²) in [4.78, 5) is 2.12. The van der Waals surface area contributed by atoms with Gasteiger partial charge in [-0.05, 0) is 43.9 Å². The minimum atomic E-state index is -0.294. The Bertz CT molecular complexity index is 367. The number of anilines is 2. The van der Waals surface area contributed by atoms with Crippen molar-refractivity contribution in [3.05, 3.63) is 24.0 Å². The summed E-state index contributed by atoms with van der Waals surface area (Å²) in [5, 5.41) is 9.52. The molecule has 1 aliphatic rings. The Morgan fingerprint density at radius 2 is 2.00 bits per heavy atom. The van der Waals surface area contributed by atoms with Crippen LogP contribution in [0.15, 0.2) is 18.2 Å². The number of nitrogens with zero attached hydrogens (tertiary/aromatic N) is 1. The second-order valence-corrected chi connectivity index (χ2v) is 4.81. The number of nitrogens with two attached hydrogens (primary N) is 1. The van der Waals surface area contributed by atoms with Gasteiger partial charge in [0.2, 0.25) is 0 Å². The molecule has 0 aliphatic carbocycles. The molecule has 1 heterocycles. The number of rotatable bonds is 2. The third kappa shape index (κ3) is 2.88. The van der Waals surface area contributed by atoms with Crippen LogP contribution in [0.25, 0.3) is 0 Å². The maximum Gasteiger partial charge on any atom is 0.127 e. The van der Waals surface area contributed by atoms with Gasteiger partial charge in [-0.15, -0.1) is 0 Å². The van der Waals surface area contributed by atoms with Crippen LogP contribution in [-0.4, -0.2) is 24.3 Å². The molecular weight excluding hydrogens is 219 g/mol. The number of benzene rings is 1. The lowest BCUT2D eigenvalue weighted by Gasteiger charge is -2.34. The molecule has 1 aliphatic heterocycles. The molecule has 17 heavy (non-hydrogen) atoms. The van der Waals surface area contributed by atoms with E-state index >= 15 is 0 Å². The minimum Gasteiger partial charge on any atom is -0.399 e. The highest BCUT2D eigenvalue weighted by Gasteiger charge is 2.23. The normalized spacial score (nSPS) is 19.4. The Balaban J connectivity index is 2.05. The van der Waals surface area contributed by atoms with Gasteiger partial charge in [-0.25, -0.2) is 4.39 Å². The van der Waals surface area contributed by atoms with Gasteiger partial charge in [0.1, 0.15) is 5.82 Å². The fourth-order valence-electron chi connectivity index (χ4n) is 2.42. The van der Waals surface area contributed by atoms with Crippen molar-refractivity contribution in [3.8, 4) is 0 Å². The predicted octanol–water partition coefficient (Wildman–Crippen LogP) is 2.01. The first-order valence-electron chi connectivity index (χ1n) is 6.05. The quantitative estimate of drug-likeness (QED) is 0.775. The monoisotopic (exact) mass is 238 g/mol. The van der Waals surface area contributed by atoms with Crippen LogP contribution < -0.4 is 10.6 Å². The SMILES string of the molecule is CC(O)C1CCN(c2cc(N)cc(F)c2)CC1. The Kier molecular flexibility index (Phi) is 3.52. The Hall–Kier alpha value is -1.29. The van der Waals surface area contributed by atoms with Gasteiger partial charge in [0.25, 0.3) is 0 Å². The molecule has 1 unspecified atom stereocenters. The van der Waals surface area contributed by atoms with E-state index in [0.717, 1.165) is 31.6 Å². The molecule has 1 aromatic rings. The molecule has 0 radical (unpaired) electrons. The molecule has 3 nitrogen and oxygen atoms in total. The van der Waals surface area contributed by atoms with Crippen LogP contribution in [0.2, 0.25) is 0 Å². The summed E-state index contributed by atoms with van der Waals surface area (Å²) < 4.78 is 13.2. The van der Waals surface area contributed by atoms with Crippen molar-refractivity contribution in [3.63, 3.8) is 0 Å². The van der Waals surface area contributed by atoms with Crippen molar-refractivity contribution in [2.24, 2.45) is 5.92 Å². The summed E-state index contributed by atoms with van der Waals surface area (Å²) in [6, 6.07) is 4.64. The zero-order chi connectivity index (χ0) is 12.4. The van der Waals surface area contributed by atoms with Crippen LogP contribution in [0.3, 0.4) is 0 Å². The number of piperidine rings is 1. The molecular formula is C13H19FN2O. The molecule has 0 saturated carbocycles. The predicted molar refractivity (Wildman–Crippen MR) is 67.4 cm³/mol. The zero-order valence-electron chi connectivity index (χ0n) is 10.1. The van der Waals surface area contributed by atoms with E-state index in [1.807, 2.05) is 6.92 Å². The highest BCUT2D eigenvalue weighted by molar-refractivity contribution is 5.56. The Morgan fingerprint density at radius 1 is 1.35 bits per heavy atom. The van der Waals surface area contributed by atoms with Gasteiger partial charge >= 0.3 is 0 Å². The van der Waals surface area contributed by atoms with Crippen LogP contribution in [-0.2, 0) is 0 Å². The number of halogens is 1. The van der Waals surface area contributed by atoms with E-state index in [4.69, 9.17) is 5.73 Å². The summed E-state index contributed by atoms with van der Waals surface area (Å²) in [5.41, 5.74) is 6.93. The molecule has 0 amide bonds. The van der Waals surface area contributed by atoms with E-state index in [1.54, 1.807) is 6.07 Å². The maximum absolute atomic E-state index is 13.2. The maximum atomic E-state index is 13.2. The number of nitrogen functional groups attached to an aromatic ring is 1. The lowest BCUT2D eigenvalue weighted by Crippen LogP contribution is -2.37. The molecule has 0 aromatic heterocycles. The first kappa shape index (κ1) is 12.2. The first-order chi connectivity index (χ1) is 8.06. The van der Waals surface area contributed by atoms with Crippen LogP contribution in [0.1, 0.15) is 19.8 Å². The van der Waals surface area contributed by atoms with Gasteiger partial charge in [0.05, 0.1) is 6.10 Å². The third-order valence-corrected chi connectivity index (χ3v) is 3.49. The van der Waals surface area contributed by atoms with Crippen molar-refractivity contribution < 1.29 is 9.50 Å². The third-order valence-electron chi connectivity index (χ3n) is 3.49. The van der Waals surface area contributed by atoms with Crippen molar-refractivity contribution >= 4 is 11.4 Å². The van der Waals surface area contributed by atoms with Gasteiger partial charge in [0.15, 0.2) is 0 Å². The topological polar surface area (TPSA) is 49.5 Å². The molecule has 1 fully saturated rings. The minimum absolute atomic E-state index is 0.255. The van der Waals surface area contributed by atoms with Crippen molar-refractivity contribution in [2.45, 2.75) is 25.9 Å². The number of hydrogen-bond acceptors (Lipinski definition) is 3. The molecule has 1 aromatic carbocycles. The molecule has 94 valence electrons. The Labute approximate surface area is 101 Å². The van der Waals surface area contributed by atoms with Crippen LogP contribution >= 0.6 is 0 Å². The zero-order valence-corrected chi connectivity index (χ0v) is 10.1. The van der Waals surface area contributed by atoms with Gasteiger partial charge in [-0.3, -0.25) is 0 Å². The van der Waals surface area contributed by atoms with Crippen LogP contribution in [0.4, 0.5) is 15.8 Å². The highest BCUT2D eigenvalue weighted by Crippen LogP contribution is 2.27. The summed E-state index contributed by atoms with van der Waals surface area (Å²) in [5.74, 6) is 0.0646. The molecule has 1 atom stereocenters. The molecule has 2 rings (SSSR count). The molecule has 1 saturated heterocycles. The fourth-order valence-corrected chi connectivity index (χ4v) is 2.42. The van der Waals surface area contributed by atoms with Crippen molar-refractivity contribution in [1.29, 1.82) is 0 Å². The smallest absolute Gasteiger partial charge is 0.127 e. The first-order valence-corrected chi connectivity index (χ1v) is 6.05. The average Bonchev–Trinajstić information content (AvgIpc) is 2.28. The van der Waals surface area contributed by atoms with Crippen LogP contribution in [0, 0.1) is 11.7 Å². The average molecular weight is 238 g/mol. The second kappa shape index (κ2) is 4.92. The molecule has 0 spiro atoms. The highest BCUT2D eigenvalue weighted by atomic mass is 19.1. The summed E-state index contributed by atoms with van der Waals surface area (Å²) in [7, 11) is 0. The van der Waals surface area contributed by atoms with E-state index in [1.165, 1.54) is 12.1 Å². The number of hydrogen-bond donors (Lipinski definition) is 2. The van der Waals surface area contributed by atoms with E-state index in [-0.39, 0.29) is 11.9 Å². The molecule has 4 heteroatoms. The lowest BCUT2D eigenvalue weighted by atomic mass is 9.92. The number of aliphatic hydroxyl groups is 1. The van der Waals surface area contributed by atoms with Crippen molar-refractivity contribution in [2.75, 3.05) is 23.7 Å². The standard InChI is InChI=1S/C13H19FN2O/c1-9(17)10-2-4-16(5-3-10)13-7-11(14)6-12(15)8-13/h6-10,17H,2-5,15H2,1H3. The number of aliphatic hydroxyl groups excluding tert-OH is 1. The lowest BCUT2D eigenvalue weighted by molar-refractivity contribution is 0.110. The molecule has 3 N–H and O–H groups in total. The summed E-state index contributed by atoms with van der Waals surface area (Å²) in [6.45, 7) is 3.53. The van der Waals surface area contributed by atoms with Crippen molar-refractivity contribution in [1.82, 2.24) is 0 Å². The second-order valence-electron chi connectivity index (χ2n) is 4.81. The largest absolute Gasteiger partial charge is 0.399 e. The van der Waals surface area contributed by atoms with E-state index < -0.39 is 0 Å². The van der Waals surface area contributed by atoms with Crippen LogP contribution in [0.5, 0.6) is 0 Å². The molecule has 0 bridgehead atoms. The van der Waals surface area contributed by atoms with Gasteiger partial charge in [-0.1, -0.05) is 0 Å². The van der Waals surface area contributed by atoms with Gasteiger partial charge in [-0.2, -0.15) is 0 Å². The fraction of sp³-hybridized carbons (Fsp3) is 0.538. The summed E-state index contributed by atoms with van der Waals surface area (Å²) in [6.07, 6.45) is 1.62. The van der Waals surface area contributed by atoms with Gasteiger partial charge in [0, 0.05) is 24.5 Å². The van der Waals surface area contributed by atoms with Gasteiger partial charge < -0.3 is 15.7 Å². The van der Waals surface area contributed by atoms with E-state index in [0.29, 0.717) is 11.6 Å².